The summed E-state index contributed by atoms with van der Waals surface area (Å²) in [6.07, 6.45) is 1.36. The molecule has 2 aromatic rings. The van der Waals surface area contributed by atoms with Crippen molar-refractivity contribution in [2.45, 2.75) is 18.7 Å². The van der Waals surface area contributed by atoms with E-state index in [9.17, 15) is 23.3 Å². The van der Waals surface area contributed by atoms with Gasteiger partial charge in [-0.3, -0.25) is 14.4 Å². The number of nitrogens with zero attached hydrogens (tertiary/aromatic N) is 2. The van der Waals surface area contributed by atoms with Gasteiger partial charge in [-0.2, -0.15) is 0 Å². The SMILES string of the molecule is C=CCN(c1ccc(Cl)c(C(=O)OCC)c1)S(=O)(=O)c1cc([N+](=O)[O-])ccc1C. The van der Waals surface area contributed by atoms with Crippen molar-refractivity contribution in [1.29, 1.82) is 0 Å². The number of esters is 1. The maximum atomic E-state index is 13.3. The predicted molar refractivity (Wildman–Crippen MR) is 110 cm³/mol. The Balaban J connectivity index is 2.64. The van der Waals surface area contributed by atoms with Gasteiger partial charge in [0.15, 0.2) is 0 Å². The largest absolute Gasteiger partial charge is 0.462 e. The first-order valence-electron chi connectivity index (χ1n) is 8.48. The lowest BCUT2D eigenvalue weighted by atomic mass is 10.2. The van der Waals surface area contributed by atoms with Crippen molar-refractivity contribution >= 4 is 39.0 Å². The van der Waals surface area contributed by atoms with Gasteiger partial charge >= 0.3 is 5.97 Å². The van der Waals surface area contributed by atoms with Crippen molar-refractivity contribution in [3.8, 4) is 0 Å². The van der Waals surface area contributed by atoms with E-state index in [1.165, 1.54) is 43.3 Å². The van der Waals surface area contributed by atoms with E-state index in [0.717, 1.165) is 10.4 Å². The Hall–Kier alpha value is -2.91. The van der Waals surface area contributed by atoms with Gasteiger partial charge in [-0.1, -0.05) is 23.7 Å². The number of nitro groups is 1. The van der Waals surface area contributed by atoms with E-state index in [1.54, 1.807) is 6.92 Å². The van der Waals surface area contributed by atoms with Crippen LogP contribution in [-0.4, -0.2) is 32.5 Å². The minimum Gasteiger partial charge on any atom is -0.462 e. The van der Waals surface area contributed by atoms with Gasteiger partial charge in [-0.05, 0) is 37.6 Å². The first-order valence-corrected chi connectivity index (χ1v) is 10.3. The summed E-state index contributed by atoms with van der Waals surface area (Å²) in [6.45, 7) is 6.74. The first kappa shape index (κ1) is 22.4. The molecule has 0 bridgehead atoms. The van der Waals surface area contributed by atoms with Crippen molar-refractivity contribution in [2.75, 3.05) is 17.5 Å². The van der Waals surface area contributed by atoms with Gasteiger partial charge in [0.05, 0.1) is 39.2 Å². The predicted octanol–water partition coefficient (Wildman–Crippen LogP) is 4.11. The second-order valence-electron chi connectivity index (χ2n) is 5.92. The molecule has 2 rings (SSSR count). The summed E-state index contributed by atoms with van der Waals surface area (Å²) in [5.41, 5.74) is 0.134. The third-order valence-corrected chi connectivity index (χ3v) is 6.24. The Labute approximate surface area is 173 Å². The van der Waals surface area contributed by atoms with Crippen LogP contribution in [0.2, 0.25) is 5.02 Å². The van der Waals surface area contributed by atoms with Crippen LogP contribution in [0.5, 0.6) is 0 Å². The summed E-state index contributed by atoms with van der Waals surface area (Å²) in [6, 6.07) is 7.71. The van der Waals surface area contributed by atoms with Crippen LogP contribution in [0.1, 0.15) is 22.8 Å². The first-order chi connectivity index (χ1) is 13.6. The summed E-state index contributed by atoms with van der Waals surface area (Å²) < 4.78 is 32.6. The number of carbonyl (C=O) groups excluding carboxylic acids is 1. The molecule has 154 valence electrons. The van der Waals surface area contributed by atoms with Gasteiger partial charge in [0.2, 0.25) is 0 Å². The highest BCUT2D eigenvalue weighted by atomic mass is 35.5. The molecule has 0 aromatic heterocycles. The molecular formula is C19H19ClN2O6S. The van der Waals surface area contributed by atoms with Crippen LogP contribution in [0.3, 0.4) is 0 Å². The number of rotatable bonds is 8. The number of nitro benzene ring substituents is 1. The normalized spacial score (nSPS) is 11.0. The second kappa shape index (κ2) is 9.06. The third kappa shape index (κ3) is 4.75. The van der Waals surface area contributed by atoms with Gasteiger partial charge < -0.3 is 4.74 Å². The fraction of sp³-hybridized carbons (Fsp3) is 0.211. The molecule has 0 N–H and O–H groups in total. The molecule has 2 aromatic carbocycles. The van der Waals surface area contributed by atoms with Crippen LogP contribution in [0.4, 0.5) is 11.4 Å². The molecule has 0 saturated carbocycles. The summed E-state index contributed by atoms with van der Waals surface area (Å²) in [7, 11) is -4.21. The Bertz CT molecular complexity index is 1070. The minimum absolute atomic E-state index is 0.00560. The van der Waals surface area contributed by atoms with E-state index < -0.39 is 20.9 Å². The van der Waals surface area contributed by atoms with Crippen molar-refractivity contribution in [3.05, 3.63) is 75.3 Å². The number of non-ortho nitro benzene ring substituents is 1. The lowest BCUT2D eigenvalue weighted by molar-refractivity contribution is -0.385. The molecular weight excluding hydrogens is 420 g/mol. The number of hydrogen-bond donors (Lipinski definition) is 0. The van der Waals surface area contributed by atoms with E-state index in [1.807, 2.05) is 0 Å². The number of benzene rings is 2. The van der Waals surface area contributed by atoms with Crippen LogP contribution in [0.25, 0.3) is 0 Å². The molecule has 0 saturated heterocycles. The van der Waals surface area contributed by atoms with Crippen LogP contribution < -0.4 is 4.31 Å². The number of anilines is 1. The zero-order valence-corrected chi connectivity index (χ0v) is 17.4. The number of aryl methyl sites for hydroxylation is 1. The molecule has 0 aliphatic rings. The molecule has 0 unspecified atom stereocenters. The van der Waals surface area contributed by atoms with E-state index >= 15 is 0 Å². The smallest absolute Gasteiger partial charge is 0.339 e. The van der Waals surface area contributed by atoms with Gasteiger partial charge in [-0.15, -0.1) is 6.58 Å². The Morgan fingerprint density at radius 1 is 1.31 bits per heavy atom. The number of halogens is 1. The molecule has 0 aliphatic heterocycles. The Morgan fingerprint density at radius 2 is 2.00 bits per heavy atom. The van der Waals surface area contributed by atoms with Gasteiger partial charge in [-0.25, -0.2) is 13.2 Å². The van der Waals surface area contributed by atoms with Crippen molar-refractivity contribution < 1.29 is 22.9 Å². The van der Waals surface area contributed by atoms with Gasteiger partial charge in [0.25, 0.3) is 15.7 Å². The van der Waals surface area contributed by atoms with E-state index in [-0.39, 0.29) is 40.0 Å². The topological polar surface area (TPSA) is 107 Å². The van der Waals surface area contributed by atoms with Crippen molar-refractivity contribution in [2.24, 2.45) is 0 Å². The fourth-order valence-electron chi connectivity index (χ4n) is 2.59. The third-order valence-electron chi connectivity index (χ3n) is 3.98. The average Bonchev–Trinajstić information content (AvgIpc) is 2.66. The van der Waals surface area contributed by atoms with Crippen molar-refractivity contribution in [3.63, 3.8) is 0 Å². The molecule has 29 heavy (non-hydrogen) atoms. The monoisotopic (exact) mass is 438 g/mol. The molecule has 0 fully saturated rings. The van der Waals surface area contributed by atoms with Gasteiger partial charge in [0.1, 0.15) is 0 Å². The molecule has 0 heterocycles. The Kier molecular flexibility index (Phi) is 6.99. The number of ether oxygens (including phenoxy) is 1. The summed E-state index contributed by atoms with van der Waals surface area (Å²) in [5, 5.41) is 11.2. The quantitative estimate of drug-likeness (QED) is 0.265. The summed E-state index contributed by atoms with van der Waals surface area (Å²) >= 11 is 6.06. The lowest BCUT2D eigenvalue weighted by Crippen LogP contribution is -2.32. The van der Waals surface area contributed by atoms with Crippen LogP contribution >= 0.6 is 11.6 Å². The van der Waals surface area contributed by atoms with Crippen LogP contribution in [0, 0.1) is 17.0 Å². The van der Waals surface area contributed by atoms with E-state index in [4.69, 9.17) is 16.3 Å². The second-order valence-corrected chi connectivity index (χ2v) is 8.15. The summed E-state index contributed by atoms with van der Waals surface area (Å²) in [5.74, 6) is -0.693. The average molecular weight is 439 g/mol. The standard InChI is InChI=1S/C19H19ClN2O6S/c1-4-10-21(14-8-9-17(20)16(11-14)19(23)28-5-2)29(26,27)18-12-15(22(24)25)7-6-13(18)3/h4,6-9,11-12H,1,5,10H2,2-3H3. The molecule has 0 radical (unpaired) electrons. The highest BCUT2D eigenvalue weighted by Gasteiger charge is 2.28. The maximum absolute atomic E-state index is 13.3. The fourth-order valence-corrected chi connectivity index (χ4v) is 4.46. The van der Waals surface area contributed by atoms with E-state index in [0.29, 0.717) is 5.56 Å². The van der Waals surface area contributed by atoms with Crippen LogP contribution in [-0.2, 0) is 14.8 Å². The highest BCUT2D eigenvalue weighted by molar-refractivity contribution is 7.92. The van der Waals surface area contributed by atoms with Gasteiger partial charge in [0, 0.05) is 12.1 Å². The van der Waals surface area contributed by atoms with Crippen LogP contribution in [0.15, 0.2) is 53.9 Å². The lowest BCUT2D eigenvalue weighted by Gasteiger charge is -2.24. The zero-order valence-electron chi connectivity index (χ0n) is 15.8. The van der Waals surface area contributed by atoms with Crippen molar-refractivity contribution in [1.82, 2.24) is 0 Å². The minimum atomic E-state index is -4.21. The highest BCUT2D eigenvalue weighted by Crippen LogP contribution is 2.31. The number of hydrogen-bond acceptors (Lipinski definition) is 6. The molecule has 10 heteroatoms. The van der Waals surface area contributed by atoms with E-state index in [2.05, 4.69) is 6.58 Å². The molecule has 0 amide bonds. The summed E-state index contributed by atoms with van der Waals surface area (Å²) in [4.78, 5) is 22.3. The molecule has 8 nitrogen and oxygen atoms in total. The number of sulfonamides is 1. The zero-order chi connectivity index (χ0) is 21.8. The Morgan fingerprint density at radius 3 is 2.59 bits per heavy atom. The maximum Gasteiger partial charge on any atom is 0.339 e. The molecule has 0 aliphatic carbocycles. The molecule has 0 spiro atoms. The molecule has 0 atom stereocenters. The number of carbonyl (C=O) groups is 1.